The predicted molar refractivity (Wildman–Crippen MR) is 100 cm³/mol. The smallest absolute Gasteiger partial charge is 0.151 e. The van der Waals surface area contributed by atoms with Crippen molar-refractivity contribution in [3.8, 4) is 5.75 Å². The highest BCUT2D eigenvalue weighted by molar-refractivity contribution is 6.29. The van der Waals surface area contributed by atoms with E-state index >= 15 is 0 Å². The monoisotopic (exact) mass is 365 g/mol. The predicted octanol–water partition coefficient (Wildman–Crippen LogP) is 2.37. The lowest BCUT2D eigenvalue weighted by atomic mass is 10.2. The molecular formula is C18H26ClN4O2+. The Bertz CT molecular complexity index is 664. The fourth-order valence-electron chi connectivity index (χ4n) is 2.52. The van der Waals surface area contributed by atoms with Gasteiger partial charge >= 0.3 is 0 Å². The van der Waals surface area contributed by atoms with Gasteiger partial charge in [-0.2, -0.15) is 0 Å². The van der Waals surface area contributed by atoms with Gasteiger partial charge in [0, 0.05) is 0 Å². The Morgan fingerprint density at radius 2 is 1.96 bits per heavy atom. The van der Waals surface area contributed by atoms with Crippen molar-refractivity contribution in [2.24, 2.45) is 0 Å². The van der Waals surface area contributed by atoms with Gasteiger partial charge in [-0.15, -0.1) is 10.2 Å². The third kappa shape index (κ3) is 6.86. The van der Waals surface area contributed by atoms with Crippen molar-refractivity contribution in [1.82, 2.24) is 10.2 Å². The normalized spacial score (nSPS) is 12.7. The second-order valence-electron chi connectivity index (χ2n) is 6.74. The zero-order valence-electron chi connectivity index (χ0n) is 14.9. The number of likely N-dealkylation sites (N-methyl/N-ethyl adjacent to an activating group) is 1. The summed E-state index contributed by atoms with van der Waals surface area (Å²) in [5.41, 5.74) is 1.07. The largest absolute Gasteiger partial charge is 0.490 e. The van der Waals surface area contributed by atoms with Crippen LogP contribution in [0.4, 0.5) is 5.82 Å². The molecule has 0 radical (unpaired) electrons. The molecule has 25 heavy (non-hydrogen) atoms. The molecule has 1 unspecified atom stereocenters. The molecule has 0 saturated carbocycles. The maximum Gasteiger partial charge on any atom is 0.151 e. The molecule has 7 heteroatoms. The number of hydrogen-bond donors (Lipinski definition) is 2. The van der Waals surface area contributed by atoms with Crippen molar-refractivity contribution in [3.63, 3.8) is 0 Å². The molecule has 0 saturated heterocycles. The van der Waals surface area contributed by atoms with Crippen LogP contribution in [0.3, 0.4) is 0 Å². The van der Waals surface area contributed by atoms with Crippen LogP contribution < -0.4 is 10.1 Å². The number of aliphatic hydroxyl groups is 1. The molecule has 0 aliphatic rings. The summed E-state index contributed by atoms with van der Waals surface area (Å²) in [6, 6.07) is 11.3. The van der Waals surface area contributed by atoms with Crippen molar-refractivity contribution >= 4 is 17.4 Å². The molecule has 1 atom stereocenters. The number of rotatable bonds is 9. The molecule has 0 spiro atoms. The molecule has 0 bridgehead atoms. The van der Waals surface area contributed by atoms with Gasteiger partial charge in [-0.05, 0) is 30.7 Å². The minimum atomic E-state index is -0.537. The van der Waals surface area contributed by atoms with Crippen LogP contribution in [-0.4, -0.2) is 66.2 Å². The van der Waals surface area contributed by atoms with Gasteiger partial charge in [0.05, 0.1) is 27.2 Å². The second-order valence-corrected chi connectivity index (χ2v) is 7.13. The Labute approximate surface area is 154 Å². The fraction of sp³-hybridized carbons (Fsp3) is 0.444. The SMILES string of the molecule is Cc1ccccc1OCC(O)C[N+](C)(C)CCNc1ccc(Cl)nn1. The van der Waals surface area contributed by atoms with Gasteiger partial charge in [-0.3, -0.25) is 0 Å². The number of anilines is 1. The zero-order chi connectivity index (χ0) is 18.3. The third-order valence-corrected chi connectivity index (χ3v) is 4.09. The molecule has 2 N–H and O–H groups in total. The number of benzene rings is 1. The lowest BCUT2D eigenvalue weighted by Crippen LogP contribution is -2.49. The summed E-state index contributed by atoms with van der Waals surface area (Å²) >= 11 is 5.72. The van der Waals surface area contributed by atoms with E-state index in [0.717, 1.165) is 17.9 Å². The first kappa shape index (κ1) is 19.4. The van der Waals surface area contributed by atoms with Gasteiger partial charge in [0.1, 0.15) is 30.8 Å². The molecule has 0 fully saturated rings. The minimum Gasteiger partial charge on any atom is -0.490 e. The van der Waals surface area contributed by atoms with E-state index in [1.807, 2.05) is 31.2 Å². The molecular weight excluding hydrogens is 340 g/mol. The topological polar surface area (TPSA) is 67.3 Å². The van der Waals surface area contributed by atoms with Gasteiger partial charge in [0.2, 0.25) is 0 Å². The van der Waals surface area contributed by atoms with E-state index in [-0.39, 0.29) is 6.61 Å². The molecule has 0 aliphatic heterocycles. The zero-order valence-corrected chi connectivity index (χ0v) is 15.7. The standard InChI is InChI=1S/C18H26ClN4O2/c1-14-6-4-5-7-16(14)25-13-15(24)12-23(2,3)11-10-20-18-9-8-17(19)21-22-18/h4-9,15,24H,10-13H2,1-3H3,(H,20,22)/q+1. The first-order chi connectivity index (χ1) is 11.9. The van der Waals surface area contributed by atoms with E-state index in [1.165, 1.54) is 0 Å². The Balaban J connectivity index is 1.73. The van der Waals surface area contributed by atoms with Crippen molar-refractivity contribution in [2.45, 2.75) is 13.0 Å². The average Bonchev–Trinajstić information content (AvgIpc) is 2.55. The Morgan fingerprint density at radius 1 is 1.20 bits per heavy atom. The summed E-state index contributed by atoms with van der Waals surface area (Å²) in [6.45, 7) is 4.41. The lowest BCUT2D eigenvalue weighted by Gasteiger charge is -2.32. The van der Waals surface area contributed by atoms with Crippen LogP contribution in [0.5, 0.6) is 5.75 Å². The summed E-state index contributed by atoms with van der Waals surface area (Å²) in [7, 11) is 4.15. The fourth-order valence-corrected chi connectivity index (χ4v) is 2.62. The number of aromatic nitrogens is 2. The maximum absolute atomic E-state index is 10.3. The number of halogens is 1. The second kappa shape index (κ2) is 8.99. The number of hydrogen-bond acceptors (Lipinski definition) is 5. The van der Waals surface area contributed by atoms with Crippen LogP contribution in [-0.2, 0) is 0 Å². The van der Waals surface area contributed by atoms with E-state index in [2.05, 4.69) is 29.6 Å². The maximum atomic E-state index is 10.3. The van der Waals surface area contributed by atoms with Gasteiger partial charge in [-0.25, -0.2) is 0 Å². The Hall–Kier alpha value is -1.89. The van der Waals surface area contributed by atoms with E-state index in [9.17, 15) is 5.11 Å². The molecule has 2 aromatic rings. The van der Waals surface area contributed by atoms with Crippen LogP contribution in [0.2, 0.25) is 5.15 Å². The molecule has 1 aromatic carbocycles. The number of nitrogens with one attached hydrogen (secondary N) is 1. The summed E-state index contributed by atoms with van der Waals surface area (Å²) in [6.07, 6.45) is -0.537. The number of aryl methyl sites for hydroxylation is 1. The highest BCUT2D eigenvalue weighted by Gasteiger charge is 2.21. The molecule has 1 aromatic heterocycles. The first-order valence-electron chi connectivity index (χ1n) is 8.27. The van der Waals surface area contributed by atoms with E-state index in [1.54, 1.807) is 12.1 Å². The number of quaternary nitrogens is 1. The van der Waals surface area contributed by atoms with Crippen molar-refractivity contribution < 1.29 is 14.3 Å². The number of nitrogens with zero attached hydrogens (tertiary/aromatic N) is 3. The van der Waals surface area contributed by atoms with Crippen molar-refractivity contribution in [3.05, 3.63) is 47.1 Å². The van der Waals surface area contributed by atoms with Gasteiger partial charge < -0.3 is 19.6 Å². The first-order valence-corrected chi connectivity index (χ1v) is 8.65. The molecule has 1 heterocycles. The van der Waals surface area contributed by atoms with E-state index in [4.69, 9.17) is 16.3 Å². The summed E-state index contributed by atoms with van der Waals surface area (Å²) in [4.78, 5) is 0. The minimum absolute atomic E-state index is 0.280. The number of ether oxygens (including phenoxy) is 1. The van der Waals surface area contributed by atoms with Gasteiger partial charge in [0.25, 0.3) is 0 Å². The van der Waals surface area contributed by atoms with Gasteiger partial charge in [0.15, 0.2) is 5.15 Å². The Morgan fingerprint density at radius 3 is 2.64 bits per heavy atom. The summed E-state index contributed by atoms with van der Waals surface area (Å²) in [5.74, 6) is 1.50. The quantitative estimate of drug-likeness (QED) is 0.668. The van der Waals surface area contributed by atoms with Crippen LogP contribution >= 0.6 is 11.6 Å². The van der Waals surface area contributed by atoms with Crippen LogP contribution in [0, 0.1) is 6.92 Å². The molecule has 2 rings (SSSR count). The lowest BCUT2D eigenvalue weighted by molar-refractivity contribution is -0.891. The summed E-state index contributed by atoms with van der Waals surface area (Å²) < 4.78 is 6.38. The van der Waals surface area contributed by atoms with Crippen molar-refractivity contribution in [1.29, 1.82) is 0 Å². The molecule has 6 nitrogen and oxygen atoms in total. The molecule has 136 valence electrons. The highest BCUT2D eigenvalue weighted by Crippen LogP contribution is 2.16. The summed E-state index contributed by atoms with van der Waals surface area (Å²) in [5, 5.41) is 21.6. The van der Waals surface area contributed by atoms with Crippen LogP contribution in [0.15, 0.2) is 36.4 Å². The van der Waals surface area contributed by atoms with Crippen LogP contribution in [0.1, 0.15) is 5.56 Å². The van der Waals surface area contributed by atoms with E-state index in [0.29, 0.717) is 28.5 Å². The highest BCUT2D eigenvalue weighted by atomic mass is 35.5. The molecule has 0 aliphatic carbocycles. The number of aliphatic hydroxyl groups excluding tert-OH is 1. The Kier molecular flexibility index (Phi) is 6.99. The average molecular weight is 366 g/mol. The van der Waals surface area contributed by atoms with E-state index < -0.39 is 6.10 Å². The third-order valence-electron chi connectivity index (χ3n) is 3.89. The molecule has 0 amide bonds. The van der Waals surface area contributed by atoms with Crippen molar-refractivity contribution in [2.75, 3.05) is 45.7 Å². The van der Waals surface area contributed by atoms with Crippen LogP contribution in [0.25, 0.3) is 0 Å². The van der Waals surface area contributed by atoms with Gasteiger partial charge in [-0.1, -0.05) is 29.8 Å². The number of para-hydroxylation sites is 1.